The van der Waals surface area contributed by atoms with Gasteiger partial charge < -0.3 is 20.0 Å². The zero-order valence-electron chi connectivity index (χ0n) is 12.3. The minimum atomic E-state index is -1.07. The molecule has 0 radical (unpaired) electrons. The van der Waals surface area contributed by atoms with E-state index >= 15 is 0 Å². The molecule has 1 heterocycles. The third-order valence-electron chi connectivity index (χ3n) is 3.95. The van der Waals surface area contributed by atoms with Gasteiger partial charge in [0.2, 0.25) is 0 Å². The van der Waals surface area contributed by atoms with Gasteiger partial charge in [0.05, 0.1) is 6.10 Å². The summed E-state index contributed by atoms with van der Waals surface area (Å²) in [5, 5.41) is 18.7. The van der Waals surface area contributed by atoms with Gasteiger partial charge in [-0.2, -0.15) is 0 Å². The second-order valence-electron chi connectivity index (χ2n) is 6.33. The molecule has 1 unspecified atom stereocenters. The van der Waals surface area contributed by atoms with E-state index in [1.807, 2.05) is 27.7 Å². The Balaban J connectivity index is 2.84. The molecule has 1 aliphatic heterocycles. The molecule has 0 aromatic rings. The molecule has 0 aromatic carbocycles. The quantitative estimate of drug-likeness (QED) is 0.785. The number of aliphatic hydroxyl groups excluding tert-OH is 1. The van der Waals surface area contributed by atoms with Gasteiger partial charge in [0, 0.05) is 26.1 Å². The molecule has 2 amide bonds. The van der Waals surface area contributed by atoms with Gasteiger partial charge in [-0.25, -0.2) is 9.59 Å². The third-order valence-corrected chi connectivity index (χ3v) is 3.95. The molecule has 1 aliphatic rings. The number of rotatable bonds is 2. The van der Waals surface area contributed by atoms with Gasteiger partial charge in [-0.05, 0) is 12.3 Å². The van der Waals surface area contributed by atoms with E-state index in [-0.39, 0.29) is 30.5 Å². The van der Waals surface area contributed by atoms with Crippen LogP contribution < -0.4 is 0 Å². The first-order valence-corrected chi connectivity index (χ1v) is 6.50. The van der Waals surface area contributed by atoms with Crippen molar-refractivity contribution in [1.29, 1.82) is 0 Å². The summed E-state index contributed by atoms with van der Waals surface area (Å²) in [4.78, 5) is 26.3. The van der Waals surface area contributed by atoms with Crippen molar-refractivity contribution in [3.63, 3.8) is 0 Å². The highest BCUT2D eigenvalue weighted by Gasteiger charge is 2.41. The smallest absolute Gasteiger partial charge is 0.326 e. The molecule has 3 atom stereocenters. The van der Waals surface area contributed by atoms with Crippen molar-refractivity contribution in [2.75, 3.05) is 13.6 Å². The highest BCUT2D eigenvalue weighted by Crippen LogP contribution is 2.26. The van der Waals surface area contributed by atoms with Crippen LogP contribution in [0.3, 0.4) is 0 Å². The highest BCUT2D eigenvalue weighted by atomic mass is 16.4. The zero-order chi connectivity index (χ0) is 15.0. The number of hydrogen-bond acceptors (Lipinski definition) is 3. The fraction of sp³-hybridized carbons (Fsp3) is 0.846. The lowest BCUT2D eigenvalue weighted by Crippen LogP contribution is -2.52. The number of carbonyl (C=O) groups excluding carboxylic acids is 1. The van der Waals surface area contributed by atoms with Crippen LogP contribution in [0, 0.1) is 5.41 Å². The lowest BCUT2D eigenvalue weighted by molar-refractivity contribution is -0.141. The lowest BCUT2D eigenvalue weighted by atomic mass is 9.87. The number of nitrogens with zero attached hydrogens (tertiary/aromatic N) is 2. The highest BCUT2D eigenvalue weighted by molar-refractivity contribution is 5.83. The van der Waals surface area contributed by atoms with Gasteiger partial charge in [-0.3, -0.25) is 0 Å². The van der Waals surface area contributed by atoms with Gasteiger partial charge in [0.1, 0.15) is 6.04 Å². The molecule has 0 bridgehead atoms. The number of β-amino-alcohol motifs (C(OH)–C–C–N with tert-alkyl or cyclic N) is 1. The van der Waals surface area contributed by atoms with Crippen molar-refractivity contribution in [2.45, 2.75) is 52.3 Å². The minimum Gasteiger partial charge on any atom is -0.480 e. The zero-order valence-corrected chi connectivity index (χ0v) is 12.3. The molecule has 0 spiro atoms. The Labute approximate surface area is 114 Å². The van der Waals surface area contributed by atoms with Gasteiger partial charge in [-0.15, -0.1) is 0 Å². The van der Waals surface area contributed by atoms with Crippen LogP contribution in [0.15, 0.2) is 0 Å². The first kappa shape index (κ1) is 15.8. The molecule has 19 heavy (non-hydrogen) atoms. The predicted octanol–water partition coefficient (Wildman–Crippen LogP) is 0.993. The molecule has 0 aromatic heterocycles. The molecule has 1 fully saturated rings. The molecule has 1 saturated heterocycles. The summed E-state index contributed by atoms with van der Waals surface area (Å²) in [6.45, 7) is 8.08. The molecular formula is C13H24N2O4. The van der Waals surface area contributed by atoms with Crippen molar-refractivity contribution in [3.8, 4) is 0 Å². The fourth-order valence-electron chi connectivity index (χ4n) is 2.21. The summed E-state index contributed by atoms with van der Waals surface area (Å²) in [5.74, 6) is -1.07. The summed E-state index contributed by atoms with van der Waals surface area (Å²) in [7, 11) is 1.67. The van der Waals surface area contributed by atoms with Crippen molar-refractivity contribution in [1.82, 2.24) is 9.80 Å². The Morgan fingerprint density at radius 1 is 1.37 bits per heavy atom. The van der Waals surface area contributed by atoms with E-state index in [2.05, 4.69) is 0 Å². The van der Waals surface area contributed by atoms with Crippen LogP contribution in [0.5, 0.6) is 0 Å². The van der Waals surface area contributed by atoms with Crippen LogP contribution in [-0.2, 0) is 4.79 Å². The average molecular weight is 272 g/mol. The Morgan fingerprint density at radius 3 is 2.32 bits per heavy atom. The van der Waals surface area contributed by atoms with Crippen molar-refractivity contribution >= 4 is 12.0 Å². The molecule has 6 nitrogen and oxygen atoms in total. The Bertz CT molecular complexity index is 364. The summed E-state index contributed by atoms with van der Waals surface area (Å²) >= 11 is 0. The predicted molar refractivity (Wildman–Crippen MR) is 70.8 cm³/mol. The maximum absolute atomic E-state index is 12.4. The molecule has 6 heteroatoms. The normalized spacial score (nSPS) is 25.3. The van der Waals surface area contributed by atoms with Crippen LogP contribution in [0.2, 0.25) is 0 Å². The minimum absolute atomic E-state index is 0.0350. The number of carboxylic acids is 1. The number of carboxylic acid groups (broad SMARTS) is 1. The summed E-state index contributed by atoms with van der Waals surface area (Å²) in [5.41, 5.74) is -0.0958. The van der Waals surface area contributed by atoms with Crippen LogP contribution in [-0.4, -0.2) is 63.8 Å². The number of likely N-dealkylation sites (tertiary alicyclic amines) is 1. The van der Waals surface area contributed by atoms with E-state index < -0.39 is 18.1 Å². The van der Waals surface area contributed by atoms with Crippen LogP contribution >= 0.6 is 0 Å². The Morgan fingerprint density at radius 2 is 1.89 bits per heavy atom. The molecule has 110 valence electrons. The fourth-order valence-corrected chi connectivity index (χ4v) is 2.21. The maximum Gasteiger partial charge on any atom is 0.326 e. The lowest BCUT2D eigenvalue weighted by Gasteiger charge is -2.38. The molecule has 0 saturated carbocycles. The molecule has 1 rings (SSSR count). The van der Waals surface area contributed by atoms with E-state index in [4.69, 9.17) is 5.11 Å². The SMILES string of the molecule is CC(N(C)C(=O)N1C[C@@H](O)C[C@H]1C(=O)O)C(C)(C)C. The van der Waals surface area contributed by atoms with E-state index in [0.29, 0.717) is 0 Å². The van der Waals surface area contributed by atoms with E-state index in [1.165, 1.54) is 4.90 Å². The van der Waals surface area contributed by atoms with Crippen LogP contribution in [0.25, 0.3) is 0 Å². The number of aliphatic carboxylic acids is 1. The standard InChI is InChI=1S/C13H24N2O4/c1-8(13(2,3)4)14(5)12(19)15-7-9(16)6-10(15)11(17)18/h8-10,16H,6-7H2,1-5H3,(H,17,18)/t8?,9-,10-/m0/s1. The number of amides is 2. The van der Waals surface area contributed by atoms with E-state index in [9.17, 15) is 14.7 Å². The first-order valence-electron chi connectivity index (χ1n) is 6.50. The third kappa shape index (κ3) is 3.37. The Hall–Kier alpha value is -1.30. The van der Waals surface area contributed by atoms with Crippen LogP contribution in [0.4, 0.5) is 4.79 Å². The molecule has 2 N–H and O–H groups in total. The molecule has 0 aliphatic carbocycles. The summed E-state index contributed by atoms with van der Waals surface area (Å²) < 4.78 is 0. The first-order chi connectivity index (χ1) is 8.55. The maximum atomic E-state index is 12.4. The Kier molecular flexibility index (Phi) is 4.45. The second-order valence-corrected chi connectivity index (χ2v) is 6.33. The number of aliphatic hydroxyl groups is 1. The number of carbonyl (C=O) groups is 2. The van der Waals surface area contributed by atoms with Gasteiger partial charge in [0.15, 0.2) is 0 Å². The monoisotopic (exact) mass is 272 g/mol. The summed E-state index contributed by atoms with van der Waals surface area (Å²) in [6.07, 6.45) is -0.665. The van der Waals surface area contributed by atoms with Crippen molar-refractivity contribution in [3.05, 3.63) is 0 Å². The average Bonchev–Trinajstić information content (AvgIpc) is 2.67. The van der Waals surface area contributed by atoms with Gasteiger partial charge >= 0.3 is 12.0 Å². The topological polar surface area (TPSA) is 81.1 Å². The van der Waals surface area contributed by atoms with Crippen molar-refractivity contribution < 1.29 is 19.8 Å². The van der Waals surface area contributed by atoms with Gasteiger partial charge in [0.25, 0.3) is 0 Å². The van der Waals surface area contributed by atoms with Crippen LogP contribution in [0.1, 0.15) is 34.1 Å². The summed E-state index contributed by atoms with van der Waals surface area (Å²) in [6, 6.07) is -1.31. The number of hydrogen-bond donors (Lipinski definition) is 2. The largest absolute Gasteiger partial charge is 0.480 e. The van der Waals surface area contributed by atoms with Crippen molar-refractivity contribution in [2.24, 2.45) is 5.41 Å². The van der Waals surface area contributed by atoms with E-state index in [0.717, 1.165) is 0 Å². The second kappa shape index (κ2) is 5.36. The van der Waals surface area contributed by atoms with Gasteiger partial charge in [-0.1, -0.05) is 20.8 Å². The van der Waals surface area contributed by atoms with E-state index in [1.54, 1.807) is 11.9 Å². The molecular weight excluding hydrogens is 248 g/mol. The number of urea groups is 1.